The first kappa shape index (κ1) is 15.6. The van der Waals surface area contributed by atoms with E-state index in [0.29, 0.717) is 10.0 Å². The van der Waals surface area contributed by atoms with Gasteiger partial charge >= 0.3 is 0 Å². The van der Waals surface area contributed by atoms with E-state index in [1.165, 1.54) is 11.6 Å². The maximum Gasteiger partial charge on any atom is 0.251 e. The molecule has 3 nitrogen and oxygen atoms in total. The number of carbonyl (C=O) groups excluding carboxylic acids is 1. The highest BCUT2D eigenvalue weighted by molar-refractivity contribution is 9.10. The largest absolute Gasteiger partial charge is 0.507 e. The van der Waals surface area contributed by atoms with Gasteiger partial charge in [-0.05, 0) is 59.5 Å². The van der Waals surface area contributed by atoms with Crippen LogP contribution in [0.1, 0.15) is 29.3 Å². The van der Waals surface area contributed by atoms with Gasteiger partial charge in [-0.15, -0.1) is 0 Å². The minimum atomic E-state index is -0.168. The molecular formula is C17H18BrNO2. The lowest BCUT2D eigenvalue weighted by atomic mass is 10.1. The summed E-state index contributed by atoms with van der Waals surface area (Å²) in [7, 11) is 0. The summed E-state index contributed by atoms with van der Waals surface area (Å²) in [6.45, 7) is 1.99. The fraction of sp³-hybridized carbons (Fsp3) is 0.235. The van der Waals surface area contributed by atoms with Crippen LogP contribution in [0.4, 0.5) is 0 Å². The molecule has 0 aliphatic carbocycles. The number of carbonyl (C=O) groups is 1. The molecule has 110 valence electrons. The van der Waals surface area contributed by atoms with Gasteiger partial charge in [0.1, 0.15) is 5.75 Å². The van der Waals surface area contributed by atoms with Crippen LogP contribution in [0.25, 0.3) is 0 Å². The van der Waals surface area contributed by atoms with Gasteiger partial charge in [-0.1, -0.05) is 30.3 Å². The maximum atomic E-state index is 12.1. The second-order valence-corrected chi connectivity index (χ2v) is 5.92. The molecule has 0 radical (unpaired) electrons. The molecule has 0 aliphatic rings. The van der Waals surface area contributed by atoms with E-state index < -0.39 is 0 Å². The summed E-state index contributed by atoms with van der Waals surface area (Å²) in [5, 5.41) is 12.6. The van der Waals surface area contributed by atoms with Crippen molar-refractivity contribution in [3.63, 3.8) is 0 Å². The van der Waals surface area contributed by atoms with Crippen molar-refractivity contribution >= 4 is 21.8 Å². The van der Waals surface area contributed by atoms with E-state index in [1.54, 1.807) is 12.1 Å². The number of rotatable bonds is 5. The molecule has 4 heteroatoms. The molecule has 0 fully saturated rings. The standard InChI is InChI=1S/C17H18BrNO2/c1-12(7-8-13-5-3-2-4-6-13)19-17(21)14-9-10-15(18)16(20)11-14/h2-6,9-12,20H,7-8H2,1H3,(H,19,21). The van der Waals surface area contributed by atoms with Crippen LogP contribution in [0.2, 0.25) is 0 Å². The summed E-state index contributed by atoms with van der Waals surface area (Å²) in [6.07, 6.45) is 1.80. The number of phenolic OH excluding ortho intramolecular Hbond substituents is 1. The lowest BCUT2D eigenvalue weighted by molar-refractivity contribution is 0.0938. The number of amides is 1. The van der Waals surface area contributed by atoms with Crippen LogP contribution in [0.3, 0.4) is 0 Å². The van der Waals surface area contributed by atoms with E-state index in [4.69, 9.17) is 0 Å². The average molecular weight is 348 g/mol. The van der Waals surface area contributed by atoms with E-state index in [2.05, 4.69) is 33.4 Å². The van der Waals surface area contributed by atoms with E-state index in [-0.39, 0.29) is 17.7 Å². The molecule has 1 unspecified atom stereocenters. The molecule has 2 aromatic rings. The third-order valence-electron chi connectivity index (χ3n) is 3.29. The van der Waals surface area contributed by atoms with E-state index in [0.717, 1.165) is 12.8 Å². The Morgan fingerprint density at radius 1 is 1.24 bits per heavy atom. The zero-order valence-corrected chi connectivity index (χ0v) is 13.4. The van der Waals surface area contributed by atoms with Gasteiger partial charge in [0.2, 0.25) is 0 Å². The number of phenols is 1. The van der Waals surface area contributed by atoms with Gasteiger partial charge in [-0.25, -0.2) is 0 Å². The fourth-order valence-corrected chi connectivity index (χ4v) is 2.31. The molecule has 0 spiro atoms. The van der Waals surface area contributed by atoms with Gasteiger partial charge < -0.3 is 10.4 Å². The molecule has 0 aliphatic heterocycles. The van der Waals surface area contributed by atoms with Crippen molar-refractivity contribution in [1.82, 2.24) is 5.32 Å². The van der Waals surface area contributed by atoms with E-state index >= 15 is 0 Å². The first-order valence-corrected chi connectivity index (χ1v) is 7.69. The van der Waals surface area contributed by atoms with Gasteiger partial charge in [0, 0.05) is 11.6 Å². The fourth-order valence-electron chi connectivity index (χ4n) is 2.06. The molecule has 1 atom stereocenters. The third kappa shape index (κ3) is 4.60. The Morgan fingerprint density at radius 2 is 1.95 bits per heavy atom. The van der Waals surface area contributed by atoms with Crippen molar-refractivity contribution in [1.29, 1.82) is 0 Å². The monoisotopic (exact) mass is 347 g/mol. The van der Waals surface area contributed by atoms with Crippen molar-refractivity contribution < 1.29 is 9.90 Å². The Morgan fingerprint density at radius 3 is 2.62 bits per heavy atom. The SMILES string of the molecule is CC(CCc1ccccc1)NC(=O)c1ccc(Br)c(O)c1. The highest BCUT2D eigenvalue weighted by atomic mass is 79.9. The zero-order chi connectivity index (χ0) is 15.2. The molecule has 2 aromatic carbocycles. The van der Waals surface area contributed by atoms with E-state index in [9.17, 15) is 9.90 Å². The summed E-state index contributed by atoms with van der Waals surface area (Å²) < 4.78 is 0.580. The highest BCUT2D eigenvalue weighted by Gasteiger charge is 2.11. The van der Waals surface area contributed by atoms with E-state index in [1.807, 2.05) is 25.1 Å². The number of aromatic hydroxyl groups is 1. The number of nitrogens with one attached hydrogen (secondary N) is 1. The summed E-state index contributed by atoms with van der Waals surface area (Å²) >= 11 is 3.20. The molecule has 2 rings (SSSR count). The molecule has 0 saturated carbocycles. The van der Waals surface area contributed by atoms with Gasteiger partial charge in [-0.2, -0.15) is 0 Å². The topological polar surface area (TPSA) is 49.3 Å². The first-order valence-electron chi connectivity index (χ1n) is 6.89. The van der Waals surface area contributed by atoms with Crippen LogP contribution in [-0.2, 0) is 6.42 Å². The Hall–Kier alpha value is -1.81. The predicted molar refractivity (Wildman–Crippen MR) is 87.5 cm³/mol. The van der Waals surface area contributed by atoms with Crippen molar-refractivity contribution in [2.75, 3.05) is 0 Å². The van der Waals surface area contributed by atoms with Crippen molar-refractivity contribution in [2.45, 2.75) is 25.8 Å². The Kier molecular flexibility index (Phi) is 5.39. The normalized spacial score (nSPS) is 11.9. The molecule has 0 saturated heterocycles. The van der Waals surface area contributed by atoms with Gasteiger partial charge in [-0.3, -0.25) is 4.79 Å². The predicted octanol–water partition coefficient (Wildman–Crippen LogP) is 3.91. The average Bonchev–Trinajstić information content (AvgIpc) is 2.49. The smallest absolute Gasteiger partial charge is 0.251 e. The van der Waals surface area contributed by atoms with Gasteiger partial charge in [0.25, 0.3) is 5.91 Å². The summed E-state index contributed by atoms with van der Waals surface area (Å²) in [5.74, 6) is -0.0991. The third-order valence-corrected chi connectivity index (χ3v) is 3.97. The second kappa shape index (κ2) is 7.27. The van der Waals surface area contributed by atoms with Crippen LogP contribution in [0, 0.1) is 0 Å². The molecule has 1 amide bonds. The van der Waals surface area contributed by atoms with Crippen LogP contribution < -0.4 is 5.32 Å². The maximum absolute atomic E-state index is 12.1. The Bertz CT molecular complexity index is 613. The zero-order valence-electron chi connectivity index (χ0n) is 11.8. The first-order chi connectivity index (χ1) is 10.1. The number of hydrogen-bond donors (Lipinski definition) is 2. The quantitative estimate of drug-likeness (QED) is 0.861. The summed E-state index contributed by atoms with van der Waals surface area (Å²) in [6, 6.07) is 15.1. The minimum Gasteiger partial charge on any atom is -0.507 e. The summed E-state index contributed by atoms with van der Waals surface area (Å²) in [4.78, 5) is 12.1. The molecular weight excluding hydrogens is 330 g/mol. The van der Waals surface area contributed by atoms with Crippen molar-refractivity contribution in [3.8, 4) is 5.75 Å². The molecule has 0 aromatic heterocycles. The highest BCUT2D eigenvalue weighted by Crippen LogP contribution is 2.24. The number of benzene rings is 2. The van der Waals surface area contributed by atoms with Gasteiger partial charge in [0.05, 0.1) is 4.47 Å². The molecule has 2 N–H and O–H groups in total. The number of halogens is 1. The Labute approximate surface area is 133 Å². The lowest BCUT2D eigenvalue weighted by Crippen LogP contribution is -2.32. The molecule has 0 heterocycles. The van der Waals surface area contributed by atoms with Crippen molar-refractivity contribution in [2.24, 2.45) is 0 Å². The van der Waals surface area contributed by atoms with Crippen LogP contribution in [0.15, 0.2) is 53.0 Å². The molecule has 0 bridgehead atoms. The van der Waals surface area contributed by atoms with Crippen LogP contribution in [-0.4, -0.2) is 17.1 Å². The molecule has 21 heavy (non-hydrogen) atoms. The van der Waals surface area contributed by atoms with Crippen LogP contribution >= 0.6 is 15.9 Å². The second-order valence-electron chi connectivity index (χ2n) is 5.06. The summed E-state index contributed by atoms with van der Waals surface area (Å²) in [5.41, 5.74) is 1.72. The number of aryl methyl sites for hydroxylation is 1. The number of hydrogen-bond acceptors (Lipinski definition) is 2. The van der Waals surface area contributed by atoms with Gasteiger partial charge in [0.15, 0.2) is 0 Å². The Balaban J connectivity index is 1.88. The van der Waals surface area contributed by atoms with Crippen LogP contribution in [0.5, 0.6) is 5.75 Å². The lowest BCUT2D eigenvalue weighted by Gasteiger charge is -2.14. The van der Waals surface area contributed by atoms with Crippen molar-refractivity contribution in [3.05, 3.63) is 64.1 Å². The minimum absolute atomic E-state index is 0.0691.